The number of aromatic nitrogens is 3. The number of rotatable bonds is 5. The van der Waals surface area contributed by atoms with E-state index in [2.05, 4.69) is 22.6 Å². The molecule has 142 valence electrons. The minimum atomic E-state index is -0.670. The quantitative estimate of drug-likeness (QED) is 0.742. The van der Waals surface area contributed by atoms with E-state index in [0.29, 0.717) is 5.69 Å². The lowest BCUT2D eigenvalue weighted by Gasteiger charge is -2.13. The number of benzene rings is 2. The summed E-state index contributed by atoms with van der Waals surface area (Å²) >= 11 is 0. The molecule has 0 saturated heterocycles. The van der Waals surface area contributed by atoms with Gasteiger partial charge in [-0.05, 0) is 18.1 Å². The Morgan fingerprint density at radius 1 is 1.18 bits per heavy atom. The van der Waals surface area contributed by atoms with Crippen LogP contribution >= 0.6 is 0 Å². The van der Waals surface area contributed by atoms with Crippen molar-refractivity contribution in [2.75, 3.05) is 11.9 Å². The van der Waals surface area contributed by atoms with Crippen LogP contribution in [0.25, 0.3) is 11.3 Å². The topological polar surface area (TPSA) is 80.1 Å². The van der Waals surface area contributed by atoms with Gasteiger partial charge in [0.1, 0.15) is 18.3 Å². The number of aryl methyl sites for hydroxylation is 1. The van der Waals surface area contributed by atoms with Gasteiger partial charge >= 0.3 is 0 Å². The van der Waals surface area contributed by atoms with Gasteiger partial charge in [0.2, 0.25) is 5.91 Å². The number of nitrogens with one attached hydrogen (secondary N) is 1. The van der Waals surface area contributed by atoms with Gasteiger partial charge in [-0.3, -0.25) is 9.59 Å². The maximum absolute atomic E-state index is 12.6. The highest BCUT2D eigenvalue weighted by Crippen LogP contribution is 2.35. The minimum Gasteiger partial charge on any atom is -0.339 e. The van der Waals surface area contributed by atoms with Crippen molar-refractivity contribution in [2.45, 2.75) is 25.9 Å². The zero-order valence-electron chi connectivity index (χ0n) is 15.8. The van der Waals surface area contributed by atoms with E-state index < -0.39 is 6.04 Å². The third-order valence-electron chi connectivity index (χ3n) is 4.97. The summed E-state index contributed by atoms with van der Waals surface area (Å²) in [4.78, 5) is 26.8. The molecule has 3 aromatic rings. The summed E-state index contributed by atoms with van der Waals surface area (Å²) in [5, 5.41) is 11.0. The number of fused-ring (bicyclic) bond motifs is 1. The molecule has 1 aliphatic heterocycles. The minimum absolute atomic E-state index is 0.00384. The summed E-state index contributed by atoms with van der Waals surface area (Å²) in [5.41, 5.74) is 4.43. The van der Waals surface area contributed by atoms with Gasteiger partial charge < -0.3 is 10.2 Å². The first-order valence-electron chi connectivity index (χ1n) is 9.22. The smallest absolute Gasteiger partial charge is 0.254 e. The van der Waals surface area contributed by atoms with Gasteiger partial charge in [0, 0.05) is 23.9 Å². The van der Waals surface area contributed by atoms with Gasteiger partial charge in [-0.1, -0.05) is 54.6 Å². The average Bonchev–Trinajstić information content (AvgIpc) is 3.27. The summed E-state index contributed by atoms with van der Waals surface area (Å²) in [5.74, 6) is -0.425. The van der Waals surface area contributed by atoms with Crippen molar-refractivity contribution in [3.63, 3.8) is 0 Å². The van der Waals surface area contributed by atoms with Crippen LogP contribution in [0.1, 0.15) is 24.1 Å². The number of amides is 2. The average molecular weight is 375 g/mol. The van der Waals surface area contributed by atoms with Crippen molar-refractivity contribution in [3.05, 3.63) is 65.9 Å². The Hall–Kier alpha value is -3.48. The molecule has 1 unspecified atom stereocenters. The molecule has 0 spiro atoms. The zero-order valence-corrected chi connectivity index (χ0v) is 15.8. The molecular weight excluding hydrogens is 354 g/mol. The largest absolute Gasteiger partial charge is 0.339 e. The molecule has 1 aliphatic rings. The molecule has 1 atom stereocenters. The Labute approximate surface area is 163 Å². The van der Waals surface area contributed by atoms with Crippen LogP contribution in [0.15, 0.2) is 54.7 Å². The highest BCUT2D eigenvalue weighted by Gasteiger charge is 2.36. The number of nitrogens with zero attached hydrogens (tertiary/aromatic N) is 4. The van der Waals surface area contributed by atoms with Crippen LogP contribution in [-0.2, 0) is 22.6 Å². The van der Waals surface area contributed by atoms with E-state index in [9.17, 15) is 9.59 Å². The molecule has 2 heterocycles. The predicted molar refractivity (Wildman–Crippen MR) is 106 cm³/mol. The van der Waals surface area contributed by atoms with Crippen LogP contribution in [0.5, 0.6) is 0 Å². The number of carbonyl (C=O) groups is 2. The molecule has 28 heavy (non-hydrogen) atoms. The number of likely N-dealkylation sites (N-methyl/N-ethyl adjacent to an activating group) is 1. The Kier molecular flexibility index (Phi) is 4.65. The van der Waals surface area contributed by atoms with Crippen molar-refractivity contribution in [1.82, 2.24) is 20.3 Å². The molecule has 0 aliphatic carbocycles. The predicted octanol–water partition coefficient (Wildman–Crippen LogP) is 2.34. The summed E-state index contributed by atoms with van der Waals surface area (Å²) in [6, 6.07) is 14.9. The molecule has 2 amide bonds. The van der Waals surface area contributed by atoms with Gasteiger partial charge in [-0.25, -0.2) is 4.68 Å². The molecule has 1 aromatic heterocycles. The van der Waals surface area contributed by atoms with E-state index in [4.69, 9.17) is 0 Å². The summed E-state index contributed by atoms with van der Waals surface area (Å²) in [6.45, 7) is 2.06. The lowest BCUT2D eigenvalue weighted by molar-refractivity contribution is -0.127. The van der Waals surface area contributed by atoms with Crippen molar-refractivity contribution >= 4 is 17.5 Å². The first-order valence-corrected chi connectivity index (χ1v) is 9.22. The molecule has 2 aromatic carbocycles. The Morgan fingerprint density at radius 2 is 1.96 bits per heavy atom. The van der Waals surface area contributed by atoms with E-state index in [0.717, 1.165) is 28.8 Å². The van der Waals surface area contributed by atoms with Gasteiger partial charge in [0.25, 0.3) is 5.91 Å². The number of carbonyl (C=O) groups excluding carboxylic acids is 2. The zero-order chi connectivity index (χ0) is 19.7. The number of hydrogen-bond donors (Lipinski definition) is 1. The molecule has 4 rings (SSSR count). The first kappa shape index (κ1) is 17.9. The summed E-state index contributed by atoms with van der Waals surface area (Å²) < 4.78 is 1.48. The van der Waals surface area contributed by atoms with Gasteiger partial charge in [0.15, 0.2) is 0 Å². The molecular formula is C21H21N5O2. The van der Waals surface area contributed by atoms with E-state index >= 15 is 0 Å². The standard InChI is InChI=1S/C21H21N5O2/c1-3-14-9-10-18-16(11-14)20(21(28)25(18)2)22-19(27)13-26-12-17(23-24-26)15-7-5-4-6-8-15/h4-12,20H,3,13H2,1-2H3,(H,22,27). The Morgan fingerprint density at radius 3 is 2.71 bits per heavy atom. The third kappa shape index (κ3) is 3.26. The van der Waals surface area contributed by atoms with Crippen LogP contribution < -0.4 is 10.2 Å². The normalized spacial score (nSPS) is 15.6. The fraction of sp³-hybridized carbons (Fsp3) is 0.238. The number of hydrogen-bond acceptors (Lipinski definition) is 4. The molecule has 1 N–H and O–H groups in total. The van der Waals surface area contributed by atoms with Crippen LogP contribution in [0.2, 0.25) is 0 Å². The SMILES string of the molecule is CCc1ccc2c(c1)C(NC(=O)Cn1cc(-c3ccccc3)nn1)C(=O)N2C. The van der Waals surface area contributed by atoms with E-state index in [1.54, 1.807) is 18.1 Å². The fourth-order valence-corrected chi connectivity index (χ4v) is 3.42. The number of anilines is 1. The Balaban J connectivity index is 1.49. The second kappa shape index (κ2) is 7.26. The second-order valence-electron chi connectivity index (χ2n) is 6.81. The van der Waals surface area contributed by atoms with E-state index in [-0.39, 0.29) is 18.4 Å². The molecule has 0 bridgehead atoms. The highest BCUT2D eigenvalue weighted by molar-refractivity contribution is 6.05. The van der Waals surface area contributed by atoms with E-state index in [1.165, 1.54) is 4.68 Å². The van der Waals surface area contributed by atoms with Gasteiger partial charge in [-0.15, -0.1) is 5.10 Å². The lowest BCUT2D eigenvalue weighted by Crippen LogP contribution is -2.37. The second-order valence-corrected chi connectivity index (χ2v) is 6.81. The maximum Gasteiger partial charge on any atom is 0.254 e. The van der Waals surface area contributed by atoms with Crippen molar-refractivity contribution in [3.8, 4) is 11.3 Å². The van der Waals surface area contributed by atoms with Crippen LogP contribution in [0.4, 0.5) is 5.69 Å². The summed E-state index contributed by atoms with van der Waals surface area (Å²) in [7, 11) is 1.72. The monoisotopic (exact) mass is 375 g/mol. The van der Waals surface area contributed by atoms with Crippen LogP contribution in [-0.4, -0.2) is 33.9 Å². The lowest BCUT2D eigenvalue weighted by atomic mass is 10.0. The summed E-state index contributed by atoms with van der Waals surface area (Å²) in [6.07, 6.45) is 2.59. The van der Waals surface area contributed by atoms with Gasteiger partial charge in [0.05, 0.1) is 6.20 Å². The maximum atomic E-state index is 12.6. The molecule has 0 saturated carbocycles. The van der Waals surface area contributed by atoms with Crippen molar-refractivity contribution in [2.24, 2.45) is 0 Å². The fourth-order valence-electron chi connectivity index (χ4n) is 3.42. The van der Waals surface area contributed by atoms with Crippen molar-refractivity contribution < 1.29 is 9.59 Å². The van der Waals surface area contributed by atoms with Gasteiger partial charge in [-0.2, -0.15) is 0 Å². The first-order chi connectivity index (χ1) is 13.6. The highest BCUT2D eigenvalue weighted by atomic mass is 16.2. The van der Waals surface area contributed by atoms with Crippen molar-refractivity contribution in [1.29, 1.82) is 0 Å². The molecule has 7 heteroatoms. The van der Waals surface area contributed by atoms with Crippen LogP contribution in [0, 0.1) is 0 Å². The third-order valence-corrected chi connectivity index (χ3v) is 4.97. The molecule has 0 radical (unpaired) electrons. The molecule has 0 fully saturated rings. The Bertz CT molecular complexity index is 1030. The molecule has 7 nitrogen and oxygen atoms in total. The van der Waals surface area contributed by atoms with E-state index in [1.807, 2.05) is 48.5 Å². The van der Waals surface area contributed by atoms with Crippen LogP contribution in [0.3, 0.4) is 0 Å².